The third kappa shape index (κ3) is 2.04. The van der Waals surface area contributed by atoms with Gasteiger partial charge in [0.2, 0.25) is 0 Å². The van der Waals surface area contributed by atoms with Crippen molar-refractivity contribution in [3.05, 3.63) is 39.9 Å². The molecule has 0 saturated carbocycles. The molecule has 0 atom stereocenters. The summed E-state index contributed by atoms with van der Waals surface area (Å²) in [6.07, 6.45) is 1.99. The van der Waals surface area contributed by atoms with E-state index in [1.807, 2.05) is 31.4 Å². The highest BCUT2D eigenvalue weighted by Crippen LogP contribution is 2.11. The predicted molar refractivity (Wildman–Crippen MR) is 64.3 cm³/mol. The average molecular weight is 220 g/mol. The first-order chi connectivity index (χ1) is 7.20. The van der Waals surface area contributed by atoms with Gasteiger partial charge in [0.1, 0.15) is 5.82 Å². The van der Waals surface area contributed by atoms with E-state index in [2.05, 4.69) is 9.97 Å². The van der Waals surface area contributed by atoms with E-state index in [1.165, 1.54) is 0 Å². The Morgan fingerprint density at radius 3 is 3.00 bits per heavy atom. The summed E-state index contributed by atoms with van der Waals surface area (Å²) in [7, 11) is 0. The lowest BCUT2D eigenvalue weighted by Crippen LogP contribution is -2.11. The van der Waals surface area contributed by atoms with Crippen LogP contribution >= 0.6 is 11.8 Å². The van der Waals surface area contributed by atoms with Gasteiger partial charge in [-0.2, -0.15) is 11.8 Å². The molecule has 0 amide bonds. The van der Waals surface area contributed by atoms with Crippen LogP contribution in [0.25, 0.3) is 10.9 Å². The van der Waals surface area contributed by atoms with Crippen molar-refractivity contribution in [3.8, 4) is 0 Å². The molecule has 2 aromatic rings. The number of thioether (sulfide) groups is 1. The SMILES string of the molecule is CSCc1nc2ccc(C)cc2c(=O)[nH]1. The van der Waals surface area contributed by atoms with Crippen molar-refractivity contribution in [2.24, 2.45) is 0 Å². The normalized spacial score (nSPS) is 10.8. The molecule has 0 bridgehead atoms. The lowest BCUT2D eigenvalue weighted by Gasteiger charge is -2.01. The Kier molecular flexibility index (Phi) is 2.77. The summed E-state index contributed by atoms with van der Waals surface area (Å²) in [6, 6.07) is 5.73. The molecule has 1 N–H and O–H groups in total. The Hall–Kier alpha value is -1.29. The van der Waals surface area contributed by atoms with Crippen LogP contribution in [-0.2, 0) is 5.75 Å². The van der Waals surface area contributed by atoms with Gasteiger partial charge >= 0.3 is 0 Å². The number of nitrogens with one attached hydrogen (secondary N) is 1. The monoisotopic (exact) mass is 220 g/mol. The largest absolute Gasteiger partial charge is 0.309 e. The number of aromatic nitrogens is 2. The molecular formula is C11H12N2OS. The van der Waals surface area contributed by atoms with Crippen LogP contribution in [0.4, 0.5) is 0 Å². The lowest BCUT2D eigenvalue weighted by atomic mass is 10.2. The molecule has 0 spiro atoms. The van der Waals surface area contributed by atoms with E-state index in [4.69, 9.17) is 0 Å². The van der Waals surface area contributed by atoms with Crippen LogP contribution in [0, 0.1) is 6.92 Å². The number of H-pyrrole nitrogens is 1. The maximum absolute atomic E-state index is 11.7. The summed E-state index contributed by atoms with van der Waals surface area (Å²) in [4.78, 5) is 18.9. The van der Waals surface area contributed by atoms with Gasteiger partial charge in [-0.3, -0.25) is 4.79 Å². The van der Waals surface area contributed by atoms with Gasteiger partial charge in [0.05, 0.1) is 16.7 Å². The first kappa shape index (κ1) is 10.2. The number of aryl methyl sites for hydroxylation is 1. The van der Waals surface area contributed by atoms with Gasteiger partial charge in [-0.25, -0.2) is 4.98 Å². The summed E-state index contributed by atoms with van der Waals surface area (Å²) in [5.74, 6) is 1.47. The molecule has 1 heterocycles. The fourth-order valence-corrected chi connectivity index (χ4v) is 1.92. The van der Waals surface area contributed by atoms with E-state index in [0.717, 1.165) is 22.7 Å². The summed E-state index contributed by atoms with van der Waals surface area (Å²) in [6.45, 7) is 1.97. The second-order valence-electron chi connectivity index (χ2n) is 3.47. The molecule has 15 heavy (non-hydrogen) atoms. The van der Waals surface area contributed by atoms with Gasteiger partial charge < -0.3 is 4.98 Å². The first-order valence-corrected chi connectivity index (χ1v) is 6.08. The quantitative estimate of drug-likeness (QED) is 0.843. The first-order valence-electron chi connectivity index (χ1n) is 4.69. The highest BCUT2D eigenvalue weighted by molar-refractivity contribution is 7.97. The van der Waals surface area contributed by atoms with Crippen LogP contribution < -0.4 is 5.56 Å². The van der Waals surface area contributed by atoms with Crippen molar-refractivity contribution < 1.29 is 0 Å². The molecule has 1 aromatic heterocycles. The van der Waals surface area contributed by atoms with Crippen LogP contribution in [0.1, 0.15) is 11.4 Å². The molecular weight excluding hydrogens is 208 g/mol. The van der Waals surface area contributed by atoms with Crippen LogP contribution in [0.2, 0.25) is 0 Å². The smallest absolute Gasteiger partial charge is 0.258 e. The van der Waals surface area contributed by atoms with E-state index >= 15 is 0 Å². The fourth-order valence-electron chi connectivity index (χ4n) is 1.51. The van der Waals surface area contributed by atoms with Gasteiger partial charge in [0.15, 0.2) is 0 Å². The van der Waals surface area contributed by atoms with Crippen molar-refractivity contribution >= 4 is 22.7 Å². The molecule has 0 saturated heterocycles. The number of nitrogens with zero attached hydrogens (tertiary/aromatic N) is 1. The summed E-state index contributed by atoms with van der Waals surface area (Å²) < 4.78 is 0. The molecule has 4 heteroatoms. The summed E-state index contributed by atoms with van der Waals surface area (Å²) in [5.41, 5.74) is 1.80. The van der Waals surface area contributed by atoms with E-state index < -0.39 is 0 Å². The molecule has 0 radical (unpaired) electrons. The second-order valence-corrected chi connectivity index (χ2v) is 4.33. The van der Waals surface area contributed by atoms with E-state index in [0.29, 0.717) is 5.39 Å². The van der Waals surface area contributed by atoms with Crippen molar-refractivity contribution in [2.75, 3.05) is 6.26 Å². The molecule has 0 aliphatic carbocycles. The molecule has 0 aliphatic heterocycles. The predicted octanol–water partition coefficient (Wildman–Crippen LogP) is 2.09. The molecule has 1 aromatic carbocycles. The van der Waals surface area contributed by atoms with Crippen molar-refractivity contribution in [2.45, 2.75) is 12.7 Å². The lowest BCUT2D eigenvalue weighted by molar-refractivity contribution is 1.04. The Labute approximate surface area is 91.9 Å². The minimum atomic E-state index is -0.0484. The Balaban J connectivity index is 2.67. The zero-order valence-corrected chi connectivity index (χ0v) is 9.52. The van der Waals surface area contributed by atoms with Gasteiger partial charge in [-0.05, 0) is 25.3 Å². The van der Waals surface area contributed by atoms with E-state index in [9.17, 15) is 4.79 Å². The molecule has 3 nitrogen and oxygen atoms in total. The van der Waals surface area contributed by atoms with Crippen LogP contribution in [0.15, 0.2) is 23.0 Å². The second kappa shape index (κ2) is 4.06. The number of fused-ring (bicyclic) bond motifs is 1. The van der Waals surface area contributed by atoms with Gasteiger partial charge in [0, 0.05) is 0 Å². The molecule has 0 fully saturated rings. The topological polar surface area (TPSA) is 45.8 Å². The van der Waals surface area contributed by atoms with Crippen LogP contribution in [0.3, 0.4) is 0 Å². The van der Waals surface area contributed by atoms with E-state index in [-0.39, 0.29) is 5.56 Å². The molecule has 0 aliphatic rings. The maximum Gasteiger partial charge on any atom is 0.258 e. The highest BCUT2D eigenvalue weighted by atomic mass is 32.2. The summed E-state index contributed by atoms with van der Waals surface area (Å²) >= 11 is 1.64. The van der Waals surface area contributed by atoms with E-state index in [1.54, 1.807) is 11.8 Å². The Morgan fingerprint density at radius 2 is 2.27 bits per heavy atom. The third-order valence-corrected chi connectivity index (χ3v) is 2.75. The van der Waals surface area contributed by atoms with Crippen molar-refractivity contribution in [3.63, 3.8) is 0 Å². The molecule has 78 valence electrons. The zero-order chi connectivity index (χ0) is 10.8. The Morgan fingerprint density at radius 1 is 1.47 bits per heavy atom. The van der Waals surface area contributed by atoms with Gasteiger partial charge in [-0.1, -0.05) is 11.6 Å². The van der Waals surface area contributed by atoms with Crippen LogP contribution in [0.5, 0.6) is 0 Å². The van der Waals surface area contributed by atoms with Gasteiger partial charge in [0.25, 0.3) is 5.56 Å². The minimum absolute atomic E-state index is 0.0484. The molecule has 2 rings (SSSR count). The minimum Gasteiger partial charge on any atom is -0.309 e. The number of hydrogen-bond acceptors (Lipinski definition) is 3. The summed E-state index contributed by atoms with van der Waals surface area (Å²) in [5, 5.41) is 0.667. The number of rotatable bonds is 2. The highest BCUT2D eigenvalue weighted by Gasteiger charge is 2.02. The number of benzene rings is 1. The van der Waals surface area contributed by atoms with Crippen molar-refractivity contribution in [1.82, 2.24) is 9.97 Å². The fraction of sp³-hybridized carbons (Fsp3) is 0.273. The Bertz CT molecular complexity index is 548. The number of aromatic amines is 1. The van der Waals surface area contributed by atoms with Crippen molar-refractivity contribution in [1.29, 1.82) is 0 Å². The number of hydrogen-bond donors (Lipinski definition) is 1. The third-order valence-electron chi connectivity index (χ3n) is 2.19. The molecule has 0 unspecified atom stereocenters. The van der Waals surface area contributed by atoms with Gasteiger partial charge in [-0.15, -0.1) is 0 Å². The van der Waals surface area contributed by atoms with Crippen LogP contribution in [-0.4, -0.2) is 16.2 Å². The average Bonchev–Trinajstić information content (AvgIpc) is 2.20. The maximum atomic E-state index is 11.7. The standard InChI is InChI=1S/C11H12N2OS/c1-7-3-4-9-8(5-7)11(14)13-10(12-9)6-15-2/h3-5H,6H2,1-2H3,(H,12,13,14). The zero-order valence-electron chi connectivity index (χ0n) is 8.70.